The number of carbonyl (C=O) groups excluding carboxylic acids is 2. The third-order valence-corrected chi connectivity index (χ3v) is 4.18. The molecule has 0 atom stereocenters. The third-order valence-electron chi connectivity index (χ3n) is 3.95. The first-order valence-electron chi connectivity index (χ1n) is 8.36. The van der Waals surface area contributed by atoms with E-state index in [1.807, 2.05) is 0 Å². The Morgan fingerprint density at radius 2 is 1.66 bits per heavy atom. The molecule has 0 radical (unpaired) electrons. The summed E-state index contributed by atoms with van der Waals surface area (Å²) in [6.45, 7) is 0. The van der Waals surface area contributed by atoms with Crippen molar-refractivity contribution in [1.29, 1.82) is 5.41 Å². The van der Waals surface area contributed by atoms with Crippen LogP contribution < -0.4 is 16.4 Å². The number of amidine groups is 1. The molecule has 8 nitrogen and oxygen atoms in total. The number of phenols is 1. The van der Waals surface area contributed by atoms with Crippen molar-refractivity contribution in [2.45, 2.75) is 0 Å². The number of aromatic hydroxyl groups is 1. The van der Waals surface area contributed by atoms with Gasteiger partial charge in [-0.1, -0.05) is 29.8 Å². The van der Waals surface area contributed by atoms with Gasteiger partial charge in [0.15, 0.2) is 0 Å². The molecule has 3 rings (SSSR count). The van der Waals surface area contributed by atoms with E-state index in [0.29, 0.717) is 10.6 Å². The molecule has 0 aliphatic heterocycles. The van der Waals surface area contributed by atoms with Gasteiger partial charge in [-0.15, -0.1) is 0 Å². The van der Waals surface area contributed by atoms with Crippen LogP contribution in [0.4, 0.5) is 11.5 Å². The minimum absolute atomic E-state index is 0.0420. The van der Waals surface area contributed by atoms with Crippen molar-refractivity contribution in [1.82, 2.24) is 4.98 Å². The maximum absolute atomic E-state index is 12.6. The normalized spacial score (nSPS) is 10.2. The molecule has 146 valence electrons. The summed E-state index contributed by atoms with van der Waals surface area (Å²) in [6.07, 6.45) is 1.38. The molecule has 0 spiro atoms. The number of hydrogen-bond acceptors (Lipinski definition) is 5. The molecule has 0 unspecified atom stereocenters. The van der Waals surface area contributed by atoms with Gasteiger partial charge in [-0.2, -0.15) is 0 Å². The number of benzene rings is 2. The molecule has 2 aromatic carbocycles. The molecule has 0 bridgehead atoms. The topological polar surface area (TPSA) is 141 Å². The standard InChI is InChI=1S/C20H16ClN5O3/c21-13-8-9-16(24-10-13)25-20(29)14-2-1-3-15(27)17(14)26-19(28)12-6-4-11(5-7-12)18(22)23/h1-10,27H,(H3,22,23)(H,26,28)(H,24,25,29). The van der Waals surface area contributed by atoms with Crippen LogP contribution in [0.25, 0.3) is 0 Å². The minimum Gasteiger partial charge on any atom is -0.506 e. The number of phenolic OH excluding ortho intramolecular Hbond substituents is 1. The van der Waals surface area contributed by atoms with Crippen molar-refractivity contribution in [3.63, 3.8) is 0 Å². The lowest BCUT2D eigenvalue weighted by Gasteiger charge is -2.13. The van der Waals surface area contributed by atoms with E-state index in [2.05, 4.69) is 15.6 Å². The van der Waals surface area contributed by atoms with Crippen LogP contribution in [0, 0.1) is 5.41 Å². The number of nitrogens with zero attached hydrogens (tertiary/aromatic N) is 1. The van der Waals surface area contributed by atoms with Crippen LogP contribution in [0.5, 0.6) is 5.75 Å². The lowest BCUT2D eigenvalue weighted by Crippen LogP contribution is -2.19. The largest absolute Gasteiger partial charge is 0.506 e. The lowest BCUT2D eigenvalue weighted by atomic mass is 10.1. The van der Waals surface area contributed by atoms with Gasteiger partial charge in [-0.3, -0.25) is 15.0 Å². The van der Waals surface area contributed by atoms with Crippen LogP contribution in [0.15, 0.2) is 60.8 Å². The fraction of sp³-hybridized carbons (Fsp3) is 0. The zero-order chi connectivity index (χ0) is 21.0. The second kappa shape index (κ2) is 8.41. The van der Waals surface area contributed by atoms with E-state index in [0.717, 1.165) is 0 Å². The second-order valence-corrected chi connectivity index (χ2v) is 6.40. The minimum atomic E-state index is -0.571. The zero-order valence-electron chi connectivity index (χ0n) is 14.9. The molecule has 2 amide bonds. The van der Waals surface area contributed by atoms with Gasteiger partial charge in [-0.25, -0.2) is 4.98 Å². The lowest BCUT2D eigenvalue weighted by molar-refractivity contribution is 0.102. The van der Waals surface area contributed by atoms with Crippen LogP contribution >= 0.6 is 11.6 Å². The Labute approximate surface area is 170 Å². The molecular formula is C20H16ClN5O3. The van der Waals surface area contributed by atoms with Crippen molar-refractivity contribution in [2.75, 3.05) is 10.6 Å². The van der Waals surface area contributed by atoms with E-state index in [1.54, 1.807) is 6.07 Å². The molecule has 1 heterocycles. The van der Waals surface area contributed by atoms with Crippen LogP contribution in [-0.4, -0.2) is 27.7 Å². The molecule has 0 fully saturated rings. The van der Waals surface area contributed by atoms with Crippen LogP contribution in [-0.2, 0) is 0 Å². The molecule has 29 heavy (non-hydrogen) atoms. The number of nitrogens with two attached hydrogens (primary N) is 1. The summed E-state index contributed by atoms with van der Waals surface area (Å²) >= 11 is 5.78. The number of anilines is 2. The van der Waals surface area contributed by atoms with E-state index in [9.17, 15) is 14.7 Å². The Bertz CT molecular complexity index is 1080. The summed E-state index contributed by atoms with van der Waals surface area (Å²) in [5, 5.41) is 23.1. The first-order valence-corrected chi connectivity index (χ1v) is 8.73. The Morgan fingerprint density at radius 3 is 2.28 bits per heavy atom. The number of carbonyl (C=O) groups is 2. The zero-order valence-corrected chi connectivity index (χ0v) is 15.7. The predicted octanol–water partition coefficient (Wildman–Crippen LogP) is 3.23. The van der Waals surface area contributed by atoms with Gasteiger partial charge in [0.1, 0.15) is 17.4 Å². The maximum atomic E-state index is 12.6. The average molecular weight is 410 g/mol. The number of hydrogen-bond donors (Lipinski definition) is 5. The first-order chi connectivity index (χ1) is 13.8. The second-order valence-electron chi connectivity index (χ2n) is 5.96. The quantitative estimate of drug-likeness (QED) is 0.250. The summed E-state index contributed by atoms with van der Waals surface area (Å²) < 4.78 is 0. The molecular weight excluding hydrogens is 394 g/mol. The van der Waals surface area contributed by atoms with Crippen molar-refractivity contribution >= 4 is 40.8 Å². The van der Waals surface area contributed by atoms with Crippen molar-refractivity contribution in [2.24, 2.45) is 5.73 Å². The van der Waals surface area contributed by atoms with Gasteiger partial charge < -0.3 is 21.5 Å². The smallest absolute Gasteiger partial charge is 0.259 e. The number of aromatic nitrogens is 1. The van der Waals surface area contributed by atoms with E-state index in [1.165, 1.54) is 54.7 Å². The van der Waals surface area contributed by atoms with Gasteiger partial charge in [0, 0.05) is 17.3 Å². The SMILES string of the molecule is N=C(N)c1ccc(C(=O)Nc2c(O)cccc2C(=O)Nc2ccc(Cl)cn2)cc1. The highest BCUT2D eigenvalue weighted by Crippen LogP contribution is 2.28. The molecule has 0 saturated carbocycles. The summed E-state index contributed by atoms with van der Waals surface area (Å²) in [5.41, 5.74) is 6.15. The fourth-order valence-corrected chi connectivity index (χ4v) is 2.59. The van der Waals surface area contributed by atoms with Crippen LogP contribution in [0.1, 0.15) is 26.3 Å². The fourth-order valence-electron chi connectivity index (χ4n) is 2.48. The monoisotopic (exact) mass is 409 g/mol. The number of pyridine rings is 1. The van der Waals surface area contributed by atoms with E-state index >= 15 is 0 Å². The molecule has 6 N–H and O–H groups in total. The Morgan fingerprint density at radius 1 is 0.966 bits per heavy atom. The number of nitrogen functional groups attached to an aromatic ring is 1. The Balaban J connectivity index is 1.83. The molecule has 0 aliphatic carbocycles. The highest BCUT2D eigenvalue weighted by atomic mass is 35.5. The van der Waals surface area contributed by atoms with Gasteiger partial charge in [-0.05, 0) is 36.4 Å². The molecule has 3 aromatic rings. The summed E-state index contributed by atoms with van der Waals surface area (Å²) in [6, 6.07) is 13.4. The Kier molecular flexibility index (Phi) is 5.75. The van der Waals surface area contributed by atoms with Gasteiger partial charge in [0.25, 0.3) is 11.8 Å². The molecule has 1 aromatic heterocycles. The maximum Gasteiger partial charge on any atom is 0.259 e. The summed E-state index contributed by atoms with van der Waals surface area (Å²) in [7, 11) is 0. The van der Waals surface area contributed by atoms with Crippen molar-refractivity contribution in [3.05, 3.63) is 82.5 Å². The highest BCUT2D eigenvalue weighted by Gasteiger charge is 2.18. The van der Waals surface area contributed by atoms with Gasteiger partial charge in [0.05, 0.1) is 16.3 Å². The first kappa shape index (κ1) is 19.8. The van der Waals surface area contributed by atoms with Crippen LogP contribution in [0.3, 0.4) is 0 Å². The van der Waals surface area contributed by atoms with E-state index in [4.69, 9.17) is 22.7 Å². The van der Waals surface area contributed by atoms with Crippen molar-refractivity contribution < 1.29 is 14.7 Å². The van der Waals surface area contributed by atoms with Gasteiger partial charge in [0.2, 0.25) is 0 Å². The summed E-state index contributed by atoms with van der Waals surface area (Å²) in [5.74, 6) is -1.24. The number of para-hydroxylation sites is 1. The summed E-state index contributed by atoms with van der Waals surface area (Å²) in [4.78, 5) is 29.2. The van der Waals surface area contributed by atoms with Gasteiger partial charge >= 0.3 is 0 Å². The highest BCUT2D eigenvalue weighted by molar-refractivity contribution is 6.30. The van der Waals surface area contributed by atoms with Crippen molar-refractivity contribution in [3.8, 4) is 5.75 Å². The predicted molar refractivity (Wildman–Crippen MR) is 111 cm³/mol. The molecule has 9 heteroatoms. The van der Waals surface area contributed by atoms with Crippen LogP contribution in [0.2, 0.25) is 5.02 Å². The number of nitrogens with one attached hydrogen (secondary N) is 3. The third kappa shape index (κ3) is 4.69. The number of amides is 2. The molecule has 0 saturated heterocycles. The van der Waals surface area contributed by atoms with E-state index in [-0.39, 0.29) is 34.2 Å². The molecule has 0 aliphatic rings. The Hall–Kier alpha value is -3.91. The average Bonchev–Trinajstić information content (AvgIpc) is 2.71. The van der Waals surface area contributed by atoms with E-state index < -0.39 is 11.8 Å². The number of halogens is 1. The number of rotatable bonds is 5.